The molecule has 2 saturated heterocycles. The van der Waals surface area contributed by atoms with E-state index in [4.69, 9.17) is 0 Å². The van der Waals surface area contributed by atoms with Crippen molar-refractivity contribution in [1.82, 2.24) is 25.0 Å². The van der Waals surface area contributed by atoms with E-state index < -0.39 is 5.54 Å². The number of piperidine rings is 1. The summed E-state index contributed by atoms with van der Waals surface area (Å²) in [5, 5.41) is 6.95. The van der Waals surface area contributed by atoms with Gasteiger partial charge in [0.1, 0.15) is 18.2 Å². The second-order valence-electron chi connectivity index (χ2n) is 5.80. The van der Waals surface area contributed by atoms with Gasteiger partial charge in [0, 0.05) is 26.1 Å². The van der Waals surface area contributed by atoms with Crippen LogP contribution in [0.2, 0.25) is 0 Å². The lowest BCUT2D eigenvalue weighted by Crippen LogP contribution is -2.60. The molecule has 2 aliphatic rings. The van der Waals surface area contributed by atoms with Crippen LogP contribution >= 0.6 is 0 Å². The number of likely N-dealkylation sites (tertiary alicyclic amines) is 1. The molecule has 2 aliphatic heterocycles. The summed E-state index contributed by atoms with van der Waals surface area (Å²) in [6.07, 6.45) is 7.78. The largest absolute Gasteiger partial charge is 0.354 e. The number of carbonyl (C=O) groups is 2. The van der Waals surface area contributed by atoms with Crippen LogP contribution in [0.4, 0.5) is 0 Å². The number of amides is 2. The minimum absolute atomic E-state index is 0.0378. The van der Waals surface area contributed by atoms with Gasteiger partial charge in [-0.15, -0.1) is 0 Å². The van der Waals surface area contributed by atoms with Gasteiger partial charge >= 0.3 is 0 Å². The first-order valence-electron chi connectivity index (χ1n) is 7.63. The summed E-state index contributed by atoms with van der Waals surface area (Å²) in [4.78, 5) is 30.5. The zero-order valence-electron chi connectivity index (χ0n) is 12.1. The highest BCUT2D eigenvalue weighted by Gasteiger charge is 2.49. The van der Waals surface area contributed by atoms with Crippen LogP contribution in [0.3, 0.4) is 0 Å². The van der Waals surface area contributed by atoms with Crippen LogP contribution < -0.4 is 5.32 Å². The number of nitrogens with one attached hydrogen (secondary N) is 1. The molecular formula is C14H21N5O2. The van der Waals surface area contributed by atoms with Gasteiger partial charge in [-0.1, -0.05) is 0 Å². The van der Waals surface area contributed by atoms with E-state index in [-0.39, 0.29) is 11.8 Å². The first kappa shape index (κ1) is 14.0. The maximum atomic E-state index is 12.5. The Kier molecular flexibility index (Phi) is 3.90. The molecule has 2 amide bonds. The Bertz CT molecular complexity index is 515. The lowest BCUT2D eigenvalue weighted by Gasteiger charge is -2.40. The third kappa shape index (κ3) is 2.64. The van der Waals surface area contributed by atoms with Crippen molar-refractivity contribution in [2.75, 3.05) is 13.1 Å². The lowest BCUT2D eigenvalue weighted by molar-refractivity contribution is -0.147. The minimum atomic E-state index is -0.567. The summed E-state index contributed by atoms with van der Waals surface area (Å²) in [6, 6.07) is 0. The van der Waals surface area contributed by atoms with Gasteiger partial charge in [-0.2, -0.15) is 5.10 Å². The van der Waals surface area contributed by atoms with Crippen molar-refractivity contribution in [1.29, 1.82) is 0 Å². The molecular weight excluding hydrogens is 270 g/mol. The number of nitrogens with zero attached hydrogens (tertiary/aromatic N) is 4. The lowest BCUT2D eigenvalue weighted by atomic mass is 9.86. The van der Waals surface area contributed by atoms with Crippen molar-refractivity contribution in [3.05, 3.63) is 12.7 Å². The molecule has 0 bridgehead atoms. The van der Waals surface area contributed by atoms with Crippen molar-refractivity contribution in [2.45, 2.75) is 50.6 Å². The van der Waals surface area contributed by atoms with Crippen LogP contribution in [-0.4, -0.2) is 50.1 Å². The summed E-state index contributed by atoms with van der Waals surface area (Å²) < 4.78 is 1.72. The van der Waals surface area contributed by atoms with Crippen molar-refractivity contribution in [3.63, 3.8) is 0 Å². The van der Waals surface area contributed by atoms with Crippen LogP contribution in [0.1, 0.15) is 38.5 Å². The molecule has 114 valence electrons. The minimum Gasteiger partial charge on any atom is -0.354 e. The van der Waals surface area contributed by atoms with Crippen LogP contribution in [0.5, 0.6) is 0 Å². The molecule has 1 N–H and O–H groups in total. The van der Waals surface area contributed by atoms with E-state index in [9.17, 15) is 9.59 Å². The van der Waals surface area contributed by atoms with Gasteiger partial charge in [0.25, 0.3) is 0 Å². The summed E-state index contributed by atoms with van der Waals surface area (Å²) in [5.74, 6) is 0.126. The molecule has 0 radical (unpaired) electrons. The SMILES string of the molecule is O=C(CCCn1cncn1)N1CCCC12CCCNC2=O. The van der Waals surface area contributed by atoms with Crippen molar-refractivity contribution < 1.29 is 9.59 Å². The van der Waals surface area contributed by atoms with Gasteiger partial charge in [0.15, 0.2) is 0 Å². The van der Waals surface area contributed by atoms with E-state index in [2.05, 4.69) is 15.4 Å². The summed E-state index contributed by atoms with van der Waals surface area (Å²) >= 11 is 0. The number of rotatable bonds is 4. The molecule has 3 rings (SSSR count). The quantitative estimate of drug-likeness (QED) is 0.867. The number of carbonyl (C=O) groups excluding carboxylic acids is 2. The van der Waals surface area contributed by atoms with E-state index in [1.54, 1.807) is 11.0 Å². The predicted molar refractivity (Wildman–Crippen MR) is 75.2 cm³/mol. The maximum absolute atomic E-state index is 12.5. The normalized spacial score (nSPS) is 25.3. The fourth-order valence-corrected chi connectivity index (χ4v) is 3.47. The summed E-state index contributed by atoms with van der Waals surface area (Å²) in [6.45, 7) is 2.11. The molecule has 1 unspecified atom stereocenters. The van der Waals surface area contributed by atoms with E-state index >= 15 is 0 Å². The maximum Gasteiger partial charge on any atom is 0.245 e. The van der Waals surface area contributed by atoms with E-state index in [1.165, 1.54) is 6.33 Å². The molecule has 1 spiro atoms. The molecule has 1 atom stereocenters. The highest BCUT2D eigenvalue weighted by Crippen LogP contribution is 2.36. The van der Waals surface area contributed by atoms with Gasteiger partial charge in [0.05, 0.1) is 0 Å². The van der Waals surface area contributed by atoms with Gasteiger partial charge < -0.3 is 10.2 Å². The second-order valence-corrected chi connectivity index (χ2v) is 5.80. The van der Waals surface area contributed by atoms with E-state index in [0.717, 1.165) is 38.6 Å². The Morgan fingerprint density at radius 3 is 3.00 bits per heavy atom. The number of hydrogen-bond donors (Lipinski definition) is 1. The molecule has 1 aromatic rings. The Labute approximate surface area is 123 Å². The Balaban J connectivity index is 1.59. The third-order valence-corrected chi connectivity index (χ3v) is 4.51. The topological polar surface area (TPSA) is 80.1 Å². The third-order valence-electron chi connectivity index (χ3n) is 4.51. The smallest absolute Gasteiger partial charge is 0.245 e. The van der Waals surface area contributed by atoms with Crippen LogP contribution in [0.25, 0.3) is 0 Å². The molecule has 21 heavy (non-hydrogen) atoms. The fraction of sp³-hybridized carbons (Fsp3) is 0.714. The van der Waals surface area contributed by atoms with Gasteiger partial charge in [0.2, 0.25) is 11.8 Å². The molecule has 1 aromatic heterocycles. The molecule has 7 heteroatoms. The zero-order valence-corrected chi connectivity index (χ0v) is 12.1. The average Bonchev–Trinajstić information content (AvgIpc) is 3.12. The molecule has 3 heterocycles. The van der Waals surface area contributed by atoms with Crippen molar-refractivity contribution in [3.8, 4) is 0 Å². The number of hydrogen-bond acceptors (Lipinski definition) is 4. The number of aromatic nitrogens is 3. The molecule has 7 nitrogen and oxygen atoms in total. The summed E-state index contributed by atoms with van der Waals surface area (Å²) in [5.41, 5.74) is -0.567. The standard InChI is InChI=1S/C14H21N5O2/c20-12(4-1-8-18-11-15-10-17-18)19-9-3-6-14(19)5-2-7-16-13(14)21/h10-11H,1-9H2,(H,16,21). The average molecular weight is 291 g/mol. The summed E-state index contributed by atoms with van der Waals surface area (Å²) in [7, 11) is 0. The zero-order chi connectivity index (χ0) is 14.7. The number of aryl methyl sites for hydroxylation is 1. The highest BCUT2D eigenvalue weighted by atomic mass is 16.2. The van der Waals surface area contributed by atoms with Crippen LogP contribution in [0.15, 0.2) is 12.7 Å². The van der Waals surface area contributed by atoms with E-state index in [0.29, 0.717) is 19.5 Å². The molecule has 0 aliphatic carbocycles. The molecule has 0 aromatic carbocycles. The molecule has 0 saturated carbocycles. The fourth-order valence-electron chi connectivity index (χ4n) is 3.47. The second kappa shape index (κ2) is 5.83. The first-order valence-corrected chi connectivity index (χ1v) is 7.63. The highest BCUT2D eigenvalue weighted by molar-refractivity contribution is 5.92. The van der Waals surface area contributed by atoms with Gasteiger partial charge in [-0.25, -0.2) is 4.98 Å². The van der Waals surface area contributed by atoms with Crippen molar-refractivity contribution in [2.24, 2.45) is 0 Å². The first-order chi connectivity index (χ1) is 10.2. The Morgan fingerprint density at radius 1 is 1.38 bits per heavy atom. The van der Waals surface area contributed by atoms with Gasteiger partial charge in [-0.05, 0) is 32.1 Å². The van der Waals surface area contributed by atoms with Crippen LogP contribution in [-0.2, 0) is 16.1 Å². The monoisotopic (exact) mass is 291 g/mol. The molecule has 2 fully saturated rings. The predicted octanol–water partition coefficient (Wildman–Crippen LogP) is 0.329. The Morgan fingerprint density at radius 2 is 2.24 bits per heavy atom. The Hall–Kier alpha value is -1.92. The van der Waals surface area contributed by atoms with Crippen LogP contribution in [0, 0.1) is 0 Å². The van der Waals surface area contributed by atoms with E-state index in [1.807, 2.05) is 4.90 Å². The van der Waals surface area contributed by atoms with Crippen molar-refractivity contribution >= 4 is 11.8 Å². The van der Waals surface area contributed by atoms with Gasteiger partial charge in [-0.3, -0.25) is 14.3 Å².